The summed E-state index contributed by atoms with van der Waals surface area (Å²) in [6, 6.07) is 0.510. The fourth-order valence-corrected chi connectivity index (χ4v) is 3.01. The van der Waals surface area contributed by atoms with Crippen molar-refractivity contribution >= 4 is 21.7 Å². The molecule has 2 aliphatic heterocycles. The Morgan fingerprint density at radius 1 is 1.73 bits per heavy atom. The van der Waals surface area contributed by atoms with Gasteiger partial charge >= 0.3 is 0 Å². The first-order valence-electron chi connectivity index (χ1n) is 4.05. The number of carbonyl (C=O) groups is 1. The van der Waals surface area contributed by atoms with Crippen LogP contribution in [-0.2, 0) is 4.79 Å². The van der Waals surface area contributed by atoms with Gasteiger partial charge in [0.05, 0.1) is 4.45 Å². The van der Waals surface area contributed by atoms with E-state index in [-0.39, 0.29) is 4.45 Å². The highest BCUT2D eigenvalue weighted by Gasteiger charge is 2.47. The van der Waals surface area contributed by atoms with Gasteiger partial charge in [-0.2, -0.15) is 0 Å². The molecule has 0 spiro atoms. The van der Waals surface area contributed by atoms with Crippen LogP contribution in [0.3, 0.4) is 0 Å². The summed E-state index contributed by atoms with van der Waals surface area (Å²) >= 11 is 3.65. The van der Waals surface area contributed by atoms with Gasteiger partial charge in [0.2, 0.25) is 0 Å². The molecule has 0 aromatic heterocycles. The lowest BCUT2D eigenvalue weighted by Gasteiger charge is -2.37. The number of halogens is 1. The molecule has 3 heteroatoms. The first-order valence-corrected chi connectivity index (χ1v) is 4.85. The highest BCUT2D eigenvalue weighted by Crippen LogP contribution is 2.45. The zero-order valence-corrected chi connectivity index (χ0v) is 8.23. The van der Waals surface area contributed by atoms with E-state index in [4.69, 9.17) is 0 Å². The Morgan fingerprint density at radius 3 is 3.09 bits per heavy atom. The van der Waals surface area contributed by atoms with E-state index in [1.165, 1.54) is 6.42 Å². The summed E-state index contributed by atoms with van der Waals surface area (Å²) in [5.74, 6) is 0.419. The van der Waals surface area contributed by atoms with Crippen LogP contribution in [0.4, 0.5) is 0 Å². The average molecular weight is 218 g/mol. The monoisotopic (exact) mass is 217 g/mol. The van der Waals surface area contributed by atoms with Gasteiger partial charge in [0, 0.05) is 18.9 Å². The molecule has 2 fully saturated rings. The van der Waals surface area contributed by atoms with Crippen molar-refractivity contribution in [2.24, 2.45) is 0 Å². The molecule has 0 aromatic rings. The van der Waals surface area contributed by atoms with Gasteiger partial charge in [0.25, 0.3) is 0 Å². The zero-order chi connectivity index (χ0) is 8.06. The minimum Gasteiger partial charge on any atom is -0.300 e. The molecular weight excluding hydrogens is 206 g/mol. The Labute approximate surface area is 75.1 Å². The quantitative estimate of drug-likeness (QED) is 0.454. The van der Waals surface area contributed by atoms with Crippen molar-refractivity contribution in [1.82, 2.24) is 4.90 Å². The van der Waals surface area contributed by atoms with Crippen LogP contribution in [0.25, 0.3) is 0 Å². The van der Waals surface area contributed by atoms with E-state index < -0.39 is 0 Å². The van der Waals surface area contributed by atoms with E-state index in [0.29, 0.717) is 18.2 Å². The van der Waals surface area contributed by atoms with Crippen LogP contribution in [0.5, 0.6) is 0 Å². The highest BCUT2D eigenvalue weighted by atomic mass is 79.9. The minimum absolute atomic E-state index is 0.0208. The summed E-state index contributed by atoms with van der Waals surface area (Å²) in [7, 11) is 2.11. The Hall–Kier alpha value is 0.110. The van der Waals surface area contributed by atoms with Crippen LogP contribution in [0.15, 0.2) is 0 Å². The number of fused-ring (bicyclic) bond motifs is 2. The summed E-state index contributed by atoms with van der Waals surface area (Å²) in [5, 5.41) is 0. The van der Waals surface area contributed by atoms with Crippen LogP contribution < -0.4 is 0 Å². The molecule has 2 atom stereocenters. The summed E-state index contributed by atoms with van der Waals surface area (Å²) in [6.45, 7) is 0. The third kappa shape index (κ3) is 1.05. The molecule has 0 aromatic carbocycles. The second-order valence-electron chi connectivity index (χ2n) is 3.64. The first-order chi connectivity index (χ1) is 5.12. The van der Waals surface area contributed by atoms with Gasteiger partial charge in [-0.1, -0.05) is 15.9 Å². The third-order valence-corrected chi connectivity index (χ3v) is 4.21. The van der Waals surface area contributed by atoms with Crippen molar-refractivity contribution in [2.75, 3.05) is 7.05 Å². The molecule has 0 amide bonds. The number of carbonyl (C=O) groups excluding carboxylic acids is 1. The predicted molar refractivity (Wildman–Crippen MR) is 46.7 cm³/mol. The SMILES string of the molecule is CN1[C@H]2CC[C@]1(Br)CC(=O)C2. The molecule has 0 radical (unpaired) electrons. The van der Waals surface area contributed by atoms with Crippen molar-refractivity contribution in [3.63, 3.8) is 0 Å². The van der Waals surface area contributed by atoms with Crippen molar-refractivity contribution < 1.29 is 4.79 Å². The van der Waals surface area contributed by atoms with E-state index in [0.717, 1.165) is 12.8 Å². The third-order valence-electron chi connectivity index (χ3n) is 2.97. The maximum Gasteiger partial charge on any atom is 0.137 e. The second kappa shape index (κ2) is 2.30. The highest BCUT2D eigenvalue weighted by molar-refractivity contribution is 9.10. The zero-order valence-electron chi connectivity index (χ0n) is 6.64. The standard InChI is InChI=1S/C8H12BrNO/c1-10-6-2-3-8(10,9)5-7(11)4-6/h6H,2-5H2,1H3/t6-,8+/m0/s1. The van der Waals surface area contributed by atoms with Gasteiger partial charge in [-0.05, 0) is 19.9 Å². The topological polar surface area (TPSA) is 20.3 Å². The average Bonchev–Trinajstić information content (AvgIpc) is 2.17. The van der Waals surface area contributed by atoms with Crippen LogP contribution in [-0.4, -0.2) is 28.2 Å². The Bertz CT molecular complexity index is 206. The van der Waals surface area contributed by atoms with Crippen molar-refractivity contribution in [3.05, 3.63) is 0 Å². The molecule has 0 unspecified atom stereocenters. The Morgan fingerprint density at radius 2 is 2.45 bits per heavy atom. The van der Waals surface area contributed by atoms with E-state index in [1.807, 2.05) is 0 Å². The molecular formula is C8H12BrNO. The van der Waals surface area contributed by atoms with Gasteiger partial charge < -0.3 is 0 Å². The number of piperidine rings is 1. The first kappa shape index (κ1) is 7.74. The van der Waals surface area contributed by atoms with Crippen molar-refractivity contribution in [2.45, 2.75) is 36.2 Å². The summed E-state index contributed by atoms with van der Waals surface area (Å²) < 4.78 is 0.0208. The molecule has 62 valence electrons. The molecule has 11 heavy (non-hydrogen) atoms. The van der Waals surface area contributed by atoms with E-state index in [9.17, 15) is 4.79 Å². The summed E-state index contributed by atoms with van der Waals surface area (Å²) in [5.41, 5.74) is 0. The van der Waals surface area contributed by atoms with Gasteiger partial charge in [0.1, 0.15) is 5.78 Å². The molecule has 2 saturated heterocycles. The largest absolute Gasteiger partial charge is 0.300 e. The van der Waals surface area contributed by atoms with Crippen LogP contribution >= 0.6 is 15.9 Å². The van der Waals surface area contributed by atoms with Crippen LogP contribution in [0.1, 0.15) is 25.7 Å². The molecule has 2 bridgehead atoms. The van der Waals surface area contributed by atoms with Gasteiger partial charge in [0.15, 0.2) is 0 Å². The second-order valence-corrected chi connectivity index (χ2v) is 5.12. The van der Waals surface area contributed by atoms with Gasteiger partial charge in [-0.15, -0.1) is 0 Å². The Kier molecular flexibility index (Phi) is 1.62. The lowest BCUT2D eigenvalue weighted by atomic mass is 10.0. The number of nitrogens with zero attached hydrogens (tertiary/aromatic N) is 1. The fraction of sp³-hybridized carbons (Fsp3) is 0.875. The predicted octanol–water partition coefficient (Wildman–Crippen LogP) is 1.53. The van der Waals surface area contributed by atoms with E-state index in [2.05, 4.69) is 27.9 Å². The molecule has 2 heterocycles. The fourth-order valence-electron chi connectivity index (χ4n) is 2.17. The lowest BCUT2D eigenvalue weighted by molar-refractivity contribution is -0.123. The van der Waals surface area contributed by atoms with E-state index in [1.54, 1.807) is 0 Å². The number of Topliss-reactive ketones (excluding diaryl/α,β-unsaturated/α-hetero) is 1. The molecule has 0 aliphatic carbocycles. The molecule has 2 aliphatic rings. The maximum absolute atomic E-state index is 11.2. The van der Waals surface area contributed by atoms with Gasteiger partial charge in [-0.25, -0.2) is 0 Å². The minimum atomic E-state index is 0.0208. The molecule has 2 nitrogen and oxygen atoms in total. The molecule has 0 N–H and O–H groups in total. The number of ketones is 1. The summed E-state index contributed by atoms with van der Waals surface area (Å²) in [4.78, 5) is 13.5. The number of rotatable bonds is 0. The lowest BCUT2D eigenvalue weighted by Crippen LogP contribution is -2.46. The van der Waals surface area contributed by atoms with Crippen molar-refractivity contribution in [3.8, 4) is 0 Å². The number of hydrogen-bond donors (Lipinski definition) is 0. The van der Waals surface area contributed by atoms with Crippen molar-refractivity contribution in [1.29, 1.82) is 0 Å². The Balaban J connectivity index is 2.27. The number of hydrogen-bond acceptors (Lipinski definition) is 2. The molecule has 2 rings (SSSR count). The molecule has 0 saturated carbocycles. The van der Waals surface area contributed by atoms with Gasteiger partial charge in [-0.3, -0.25) is 9.69 Å². The maximum atomic E-state index is 11.2. The van der Waals surface area contributed by atoms with Crippen LogP contribution in [0.2, 0.25) is 0 Å². The normalized spacial score (nSPS) is 44.9. The smallest absolute Gasteiger partial charge is 0.137 e. The van der Waals surface area contributed by atoms with Crippen LogP contribution in [0, 0.1) is 0 Å². The number of alkyl halides is 1. The summed E-state index contributed by atoms with van der Waals surface area (Å²) in [6.07, 6.45) is 3.76. The van der Waals surface area contributed by atoms with E-state index >= 15 is 0 Å².